The number of rotatable bonds is 7. The van der Waals surface area contributed by atoms with Crippen LogP contribution in [-0.4, -0.2) is 25.2 Å². The van der Waals surface area contributed by atoms with Crippen molar-refractivity contribution in [2.24, 2.45) is 0 Å². The van der Waals surface area contributed by atoms with Gasteiger partial charge in [0, 0.05) is 19.1 Å². The molecule has 0 saturated heterocycles. The molecule has 1 aromatic heterocycles. The Morgan fingerprint density at radius 1 is 1.60 bits per heavy atom. The molecule has 1 unspecified atom stereocenters. The molecule has 0 aliphatic rings. The fourth-order valence-electron chi connectivity index (χ4n) is 1.57. The lowest BCUT2D eigenvalue weighted by Crippen LogP contribution is -2.21. The van der Waals surface area contributed by atoms with Crippen molar-refractivity contribution in [2.75, 3.05) is 20.3 Å². The highest BCUT2D eigenvalue weighted by atomic mass is 32.1. The Bertz CT molecular complexity index is 275. The molecule has 0 aliphatic heterocycles. The van der Waals surface area contributed by atoms with Crippen molar-refractivity contribution in [1.82, 2.24) is 10.3 Å². The second kappa shape index (κ2) is 6.93. The Hall–Kier alpha value is -0.450. The molecule has 1 N–H and O–H groups in total. The van der Waals surface area contributed by atoms with Crippen molar-refractivity contribution in [3.8, 4) is 0 Å². The number of nitrogens with zero attached hydrogens (tertiary/aromatic N) is 1. The number of aryl methyl sites for hydroxylation is 1. The van der Waals surface area contributed by atoms with Gasteiger partial charge in [-0.25, -0.2) is 4.98 Å². The number of ether oxygens (including phenoxy) is 1. The van der Waals surface area contributed by atoms with Crippen LogP contribution in [0.1, 0.15) is 36.5 Å². The second-order valence-electron chi connectivity index (χ2n) is 3.54. The SMILES string of the molecule is CCNC(CCCOC)c1csc(C)n1. The fourth-order valence-corrected chi connectivity index (χ4v) is 2.24. The van der Waals surface area contributed by atoms with E-state index in [9.17, 15) is 0 Å². The van der Waals surface area contributed by atoms with Crippen LogP contribution in [0.3, 0.4) is 0 Å². The van der Waals surface area contributed by atoms with Crippen molar-refractivity contribution in [3.05, 3.63) is 16.1 Å². The molecule has 0 aliphatic carbocycles. The summed E-state index contributed by atoms with van der Waals surface area (Å²) in [6, 6.07) is 0.384. The molecule has 0 saturated carbocycles. The Morgan fingerprint density at radius 2 is 2.40 bits per heavy atom. The Kier molecular flexibility index (Phi) is 5.83. The molecule has 1 heterocycles. The van der Waals surface area contributed by atoms with Gasteiger partial charge in [0.2, 0.25) is 0 Å². The summed E-state index contributed by atoms with van der Waals surface area (Å²) in [5.41, 5.74) is 1.18. The lowest BCUT2D eigenvalue weighted by atomic mass is 10.1. The second-order valence-corrected chi connectivity index (χ2v) is 4.60. The number of methoxy groups -OCH3 is 1. The van der Waals surface area contributed by atoms with Gasteiger partial charge in [-0.1, -0.05) is 6.92 Å². The summed E-state index contributed by atoms with van der Waals surface area (Å²) in [5.74, 6) is 0. The zero-order valence-corrected chi connectivity index (χ0v) is 10.6. The van der Waals surface area contributed by atoms with Gasteiger partial charge in [-0.15, -0.1) is 11.3 Å². The molecule has 1 atom stereocenters. The van der Waals surface area contributed by atoms with E-state index >= 15 is 0 Å². The van der Waals surface area contributed by atoms with E-state index in [1.165, 1.54) is 5.69 Å². The van der Waals surface area contributed by atoms with E-state index in [-0.39, 0.29) is 0 Å². The van der Waals surface area contributed by atoms with Gasteiger partial charge in [0.15, 0.2) is 0 Å². The van der Waals surface area contributed by atoms with Gasteiger partial charge in [-0.2, -0.15) is 0 Å². The molecule has 0 amide bonds. The molecule has 3 nitrogen and oxygen atoms in total. The first-order valence-electron chi connectivity index (χ1n) is 5.42. The van der Waals surface area contributed by atoms with E-state index in [1.807, 2.05) is 6.92 Å². The Morgan fingerprint density at radius 3 is 2.93 bits per heavy atom. The first kappa shape index (κ1) is 12.6. The molecule has 0 fully saturated rings. The molecule has 86 valence electrons. The number of hydrogen-bond donors (Lipinski definition) is 1. The Labute approximate surface area is 95.9 Å². The first-order chi connectivity index (χ1) is 7.27. The van der Waals surface area contributed by atoms with Crippen LogP contribution in [0.4, 0.5) is 0 Å². The summed E-state index contributed by atoms with van der Waals surface area (Å²) >= 11 is 1.72. The number of hydrogen-bond acceptors (Lipinski definition) is 4. The van der Waals surface area contributed by atoms with Crippen molar-refractivity contribution in [2.45, 2.75) is 32.7 Å². The van der Waals surface area contributed by atoms with Gasteiger partial charge in [-0.3, -0.25) is 0 Å². The standard InChI is InChI=1S/C11H20N2OS/c1-4-12-10(6-5-7-14-3)11-8-15-9(2)13-11/h8,10,12H,4-7H2,1-3H3. The third kappa shape index (κ3) is 4.28. The highest BCUT2D eigenvalue weighted by Gasteiger charge is 2.12. The highest BCUT2D eigenvalue weighted by molar-refractivity contribution is 7.09. The molecule has 0 aromatic carbocycles. The van der Waals surface area contributed by atoms with Crippen LogP contribution in [0.5, 0.6) is 0 Å². The summed E-state index contributed by atoms with van der Waals surface area (Å²) in [5, 5.41) is 6.75. The first-order valence-corrected chi connectivity index (χ1v) is 6.30. The topological polar surface area (TPSA) is 34.1 Å². The van der Waals surface area contributed by atoms with Crippen LogP contribution in [0.15, 0.2) is 5.38 Å². The minimum atomic E-state index is 0.384. The van der Waals surface area contributed by atoms with Crippen LogP contribution in [0.25, 0.3) is 0 Å². The molecule has 0 spiro atoms. The van der Waals surface area contributed by atoms with Crippen LogP contribution >= 0.6 is 11.3 Å². The van der Waals surface area contributed by atoms with Crippen LogP contribution in [-0.2, 0) is 4.74 Å². The number of nitrogens with one attached hydrogen (secondary N) is 1. The average molecular weight is 228 g/mol. The summed E-state index contributed by atoms with van der Waals surface area (Å²) in [4.78, 5) is 4.52. The summed E-state index contributed by atoms with van der Waals surface area (Å²) < 4.78 is 5.07. The normalized spacial score (nSPS) is 13.0. The maximum Gasteiger partial charge on any atom is 0.0898 e. The lowest BCUT2D eigenvalue weighted by Gasteiger charge is -2.15. The minimum absolute atomic E-state index is 0.384. The lowest BCUT2D eigenvalue weighted by molar-refractivity contribution is 0.188. The molecule has 0 radical (unpaired) electrons. The summed E-state index contributed by atoms with van der Waals surface area (Å²) in [6.45, 7) is 5.98. The van der Waals surface area contributed by atoms with E-state index in [2.05, 4.69) is 22.6 Å². The maximum absolute atomic E-state index is 5.07. The molecule has 4 heteroatoms. The van der Waals surface area contributed by atoms with E-state index in [0.717, 1.165) is 31.0 Å². The van der Waals surface area contributed by atoms with Crippen molar-refractivity contribution < 1.29 is 4.74 Å². The van der Waals surface area contributed by atoms with Crippen molar-refractivity contribution >= 4 is 11.3 Å². The molecule has 1 rings (SSSR count). The summed E-state index contributed by atoms with van der Waals surface area (Å²) in [7, 11) is 1.75. The van der Waals surface area contributed by atoms with Gasteiger partial charge < -0.3 is 10.1 Å². The molecular formula is C11H20N2OS. The number of aromatic nitrogens is 1. The largest absolute Gasteiger partial charge is 0.385 e. The van der Waals surface area contributed by atoms with E-state index in [1.54, 1.807) is 18.4 Å². The minimum Gasteiger partial charge on any atom is -0.385 e. The smallest absolute Gasteiger partial charge is 0.0898 e. The fraction of sp³-hybridized carbons (Fsp3) is 0.727. The van der Waals surface area contributed by atoms with E-state index in [4.69, 9.17) is 4.74 Å². The zero-order valence-electron chi connectivity index (χ0n) is 9.75. The Balaban J connectivity index is 2.49. The summed E-state index contributed by atoms with van der Waals surface area (Å²) in [6.07, 6.45) is 2.16. The average Bonchev–Trinajstić information content (AvgIpc) is 2.64. The van der Waals surface area contributed by atoms with Gasteiger partial charge in [0.1, 0.15) is 0 Å². The molecule has 15 heavy (non-hydrogen) atoms. The molecule has 0 bridgehead atoms. The zero-order chi connectivity index (χ0) is 11.1. The van der Waals surface area contributed by atoms with Gasteiger partial charge in [0.05, 0.1) is 16.7 Å². The molecular weight excluding hydrogens is 208 g/mol. The predicted molar refractivity (Wildman–Crippen MR) is 64.4 cm³/mol. The van der Waals surface area contributed by atoms with Gasteiger partial charge in [0.25, 0.3) is 0 Å². The van der Waals surface area contributed by atoms with E-state index < -0.39 is 0 Å². The van der Waals surface area contributed by atoms with Gasteiger partial charge in [-0.05, 0) is 26.3 Å². The van der Waals surface area contributed by atoms with Crippen LogP contribution in [0.2, 0.25) is 0 Å². The van der Waals surface area contributed by atoms with Gasteiger partial charge >= 0.3 is 0 Å². The third-order valence-corrected chi connectivity index (χ3v) is 3.08. The quantitative estimate of drug-likeness (QED) is 0.728. The predicted octanol–water partition coefficient (Wildman–Crippen LogP) is 2.53. The third-order valence-electron chi connectivity index (χ3n) is 2.29. The van der Waals surface area contributed by atoms with Crippen LogP contribution < -0.4 is 5.32 Å². The molecule has 1 aromatic rings. The van der Waals surface area contributed by atoms with Crippen molar-refractivity contribution in [1.29, 1.82) is 0 Å². The highest BCUT2D eigenvalue weighted by Crippen LogP contribution is 2.20. The maximum atomic E-state index is 5.07. The van der Waals surface area contributed by atoms with E-state index in [0.29, 0.717) is 6.04 Å². The van der Waals surface area contributed by atoms with Crippen LogP contribution in [0, 0.1) is 6.92 Å². The number of thiazole rings is 1. The monoisotopic (exact) mass is 228 g/mol. The van der Waals surface area contributed by atoms with Crippen molar-refractivity contribution in [3.63, 3.8) is 0 Å².